The Kier molecular flexibility index (Phi) is 7.90. The van der Waals surface area contributed by atoms with E-state index in [1.165, 1.54) is 11.3 Å². The number of nitrogens with zero attached hydrogens (tertiary/aromatic N) is 3. The van der Waals surface area contributed by atoms with Crippen LogP contribution >= 0.6 is 0 Å². The average molecular weight is 478 g/mol. The Morgan fingerprint density at radius 1 is 0.943 bits per heavy atom. The van der Waals surface area contributed by atoms with Gasteiger partial charge in [0.05, 0.1) is 5.56 Å². The lowest BCUT2D eigenvalue weighted by Gasteiger charge is -2.27. The van der Waals surface area contributed by atoms with Crippen molar-refractivity contribution in [1.29, 1.82) is 0 Å². The van der Waals surface area contributed by atoms with Gasteiger partial charge in [0.1, 0.15) is 0 Å². The number of rotatable bonds is 8. The van der Waals surface area contributed by atoms with Gasteiger partial charge in [-0.25, -0.2) is 0 Å². The molecule has 2 heterocycles. The number of anilines is 2. The number of hydrogen-bond donors (Lipinski definition) is 2. The number of carbonyl (C=O) groups is 3. The number of aryl methyl sites for hydroxylation is 1. The maximum atomic E-state index is 12.7. The lowest BCUT2D eigenvalue weighted by atomic mass is 10.1. The van der Waals surface area contributed by atoms with E-state index in [0.717, 1.165) is 51.3 Å². The Labute approximate surface area is 207 Å². The maximum Gasteiger partial charge on any atom is 0.251 e. The molecule has 8 nitrogen and oxygen atoms in total. The molecule has 4 rings (SSSR count). The molecular formula is C27H35N5O3. The number of amides is 3. The molecule has 0 atom stereocenters. The van der Waals surface area contributed by atoms with Crippen LogP contribution < -0.4 is 20.9 Å². The van der Waals surface area contributed by atoms with Gasteiger partial charge in [-0.05, 0) is 56.0 Å². The second kappa shape index (κ2) is 11.3. The first-order chi connectivity index (χ1) is 16.9. The van der Waals surface area contributed by atoms with E-state index in [4.69, 9.17) is 5.73 Å². The molecular weight excluding hydrogens is 442 g/mol. The summed E-state index contributed by atoms with van der Waals surface area (Å²) in [5.74, 6) is -0.593. The van der Waals surface area contributed by atoms with Crippen molar-refractivity contribution in [3.05, 3.63) is 59.2 Å². The molecule has 0 bridgehead atoms. The third kappa shape index (κ3) is 5.93. The molecule has 186 valence electrons. The van der Waals surface area contributed by atoms with Crippen molar-refractivity contribution in [2.75, 3.05) is 55.6 Å². The SMILES string of the molecule is Cc1ccccc1N1CCCN(c2ccc(C(=O)NCCCN3CCCC3=O)cc2C(N)=O)CC1. The fourth-order valence-electron chi connectivity index (χ4n) is 4.98. The van der Waals surface area contributed by atoms with Crippen LogP contribution in [0.25, 0.3) is 0 Å². The number of para-hydroxylation sites is 1. The highest BCUT2D eigenvalue weighted by Gasteiger charge is 2.22. The van der Waals surface area contributed by atoms with Gasteiger partial charge >= 0.3 is 0 Å². The summed E-state index contributed by atoms with van der Waals surface area (Å²) in [4.78, 5) is 43.1. The molecule has 2 aromatic rings. The summed E-state index contributed by atoms with van der Waals surface area (Å²) >= 11 is 0. The van der Waals surface area contributed by atoms with E-state index in [9.17, 15) is 14.4 Å². The summed E-state index contributed by atoms with van der Waals surface area (Å²) in [5.41, 5.74) is 9.77. The predicted octanol–water partition coefficient (Wildman–Crippen LogP) is 2.55. The second-order valence-electron chi connectivity index (χ2n) is 9.30. The number of nitrogens with two attached hydrogens (primary N) is 1. The summed E-state index contributed by atoms with van der Waals surface area (Å²) < 4.78 is 0. The molecule has 2 aliphatic heterocycles. The molecule has 2 aliphatic rings. The van der Waals surface area contributed by atoms with Gasteiger partial charge in [-0.2, -0.15) is 0 Å². The lowest BCUT2D eigenvalue weighted by molar-refractivity contribution is -0.127. The quantitative estimate of drug-likeness (QED) is 0.570. The summed E-state index contributed by atoms with van der Waals surface area (Å²) in [6.07, 6.45) is 3.18. The monoisotopic (exact) mass is 477 g/mol. The molecule has 0 saturated carbocycles. The van der Waals surface area contributed by atoms with E-state index in [2.05, 4.69) is 40.2 Å². The van der Waals surface area contributed by atoms with Gasteiger partial charge in [-0.15, -0.1) is 0 Å². The van der Waals surface area contributed by atoms with Crippen LogP contribution in [0.3, 0.4) is 0 Å². The van der Waals surface area contributed by atoms with Crippen LogP contribution in [0.2, 0.25) is 0 Å². The Morgan fingerprint density at radius 3 is 2.37 bits per heavy atom. The van der Waals surface area contributed by atoms with Gasteiger partial charge in [0.15, 0.2) is 0 Å². The van der Waals surface area contributed by atoms with E-state index in [-0.39, 0.29) is 11.8 Å². The third-order valence-corrected chi connectivity index (χ3v) is 6.88. The van der Waals surface area contributed by atoms with Crippen LogP contribution in [0.1, 0.15) is 52.0 Å². The van der Waals surface area contributed by atoms with Gasteiger partial charge in [-0.3, -0.25) is 14.4 Å². The maximum absolute atomic E-state index is 12.7. The molecule has 2 aromatic carbocycles. The molecule has 2 saturated heterocycles. The van der Waals surface area contributed by atoms with Crippen LogP contribution in [0.5, 0.6) is 0 Å². The minimum absolute atomic E-state index is 0.188. The largest absolute Gasteiger partial charge is 0.369 e. The van der Waals surface area contributed by atoms with Crippen LogP contribution in [-0.4, -0.2) is 68.4 Å². The highest BCUT2D eigenvalue weighted by Crippen LogP contribution is 2.26. The van der Waals surface area contributed by atoms with Crippen molar-refractivity contribution in [2.45, 2.75) is 32.6 Å². The number of benzene rings is 2. The summed E-state index contributed by atoms with van der Waals surface area (Å²) in [6, 6.07) is 13.6. The smallest absolute Gasteiger partial charge is 0.251 e. The van der Waals surface area contributed by atoms with Crippen LogP contribution in [0.4, 0.5) is 11.4 Å². The standard InChI is InChI=1S/C27H35N5O3/c1-20-7-2-3-8-23(20)30-15-6-16-31(18-17-30)24-11-10-21(19-22(24)26(28)34)27(35)29-12-5-14-32-13-4-9-25(32)33/h2-3,7-8,10-11,19H,4-6,9,12-18H2,1H3,(H2,28,34)(H,29,35). The zero-order valence-electron chi connectivity index (χ0n) is 20.5. The van der Waals surface area contributed by atoms with Crippen LogP contribution in [0, 0.1) is 6.92 Å². The first kappa shape index (κ1) is 24.6. The number of primary amides is 1. The molecule has 0 spiro atoms. The van der Waals surface area contributed by atoms with Gasteiger partial charge in [0.2, 0.25) is 5.91 Å². The van der Waals surface area contributed by atoms with Crippen molar-refractivity contribution in [3.8, 4) is 0 Å². The highest BCUT2D eigenvalue weighted by atomic mass is 16.2. The second-order valence-corrected chi connectivity index (χ2v) is 9.30. The van der Waals surface area contributed by atoms with Crippen molar-refractivity contribution in [1.82, 2.24) is 10.2 Å². The normalized spacial score (nSPS) is 16.4. The van der Waals surface area contributed by atoms with Gasteiger partial charge in [0.25, 0.3) is 11.8 Å². The zero-order valence-corrected chi connectivity index (χ0v) is 20.5. The molecule has 35 heavy (non-hydrogen) atoms. The highest BCUT2D eigenvalue weighted by molar-refractivity contribution is 6.03. The van der Waals surface area contributed by atoms with Crippen molar-refractivity contribution < 1.29 is 14.4 Å². The van der Waals surface area contributed by atoms with Crippen LogP contribution in [-0.2, 0) is 4.79 Å². The third-order valence-electron chi connectivity index (χ3n) is 6.88. The van der Waals surface area contributed by atoms with E-state index < -0.39 is 5.91 Å². The molecule has 2 fully saturated rings. The van der Waals surface area contributed by atoms with Crippen LogP contribution in [0.15, 0.2) is 42.5 Å². The first-order valence-corrected chi connectivity index (χ1v) is 12.5. The van der Waals surface area contributed by atoms with E-state index in [1.54, 1.807) is 12.1 Å². The number of likely N-dealkylation sites (tertiary alicyclic amines) is 1. The summed E-state index contributed by atoms with van der Waals surface area (Å²) in [5, 5.41) is 2.89. The predicted molar refractivity (Wildman–Crippen MR) is 138 cm³/mol. The number of carbonyl (C=O) groups excluding carboxylic acids is 3. The van der Waals surface area contributed by atoms with Crippen molar-refractivity contribution in [3.63, 3.8) is 0 Å². The number of nitrogens with one attached hydrogen (secondary N) is 1. The minimum atomic E-state index is -0.540. The molecule has 0 aliphatic carbocycles. The molecule has 0 aromatic heterocycles. The topological polar surface area (TPSA) is 99.0 Å². The molecule has 8 heteroatoms. The first-order valence-electron chi connectivity index (χ1n) is 12.5. The van der Waals surface area contributed by atoms with Gasteiger partial charge in [-0.1, -0.05) is 18.2 Å². The zero-order chi connectivity index (χ0) is 24.8. The number of hydrogen-bond acceptors (Lipinski definition) is 5. The Bertz CT molecular complexity index is 1090. The Hall–Kier alpha value is -3.55. The fourth-order valence-corrected chi connectivity index (χ4v) is 4.98. The summed E-state index contributed by atoms with van der Waals surface area (Å²) in [6.45, 7) is 7.39. The molecule has 0 radical (unpaired) electrons. The van der Waals surface area contributed by atoms with Crippen molar-refractivity contribution in [2.24, 2.45) is 5.73 Å². The fraction of sp³-hybridized carbons (Fsp3) is 0.444. The van der Waals surface area contributed by atoms with Gasteiger partial charge < -0.3 is 25.8 Å². The molecule has 0 unspecified atom stereocenters. The molecule has 3 N–H and O–H groups in total. The van der Waals surface area contributed by atoms with E-state index >= 15 is 0 Å². The van der Waals surface area contributed by atoms with E-state index in [1.807, 2.05) is 17.0 Å². The summed E-state index contributed by atoms with van der Waals surface area (Å²) in [7, 11) is 0. The average Bonchev–Trinajstić information content (AvgIpc) is 3.11. The van der Waals surface area contributed by atoms with Crippen molar-refractivity contribution >= 4 is 29.1 Å². The lowest BCUT2D eigenvalue weighted by Crippen LogP contribution is -2.33. The van der Waals surface area contributed by atoms with E-state index in [0.29, 0.717) is 37.1 Å². The Balaban J connectivity index is 1.38. The Morgan fingerprint density at radius 2 is 1.69 bits per heavy atom. The molecule has 3 amide bonds. The minimum Gasteiger partial charge on any atom is -0.369 e. The van der Waals surface area contributed by atoms with Gasteiger partial charge in [0, 0.05) is 69.2 Å².